The predicted octanol–water partition coefficient (Wildman–Crippen LogP) is 3.20. The maximum atomic E-state index is 5.77. The Morgan fingerprint density at radius 2 is 2.06 bits per heavy atom. The van der Waals surface area contributed by atoms with Crippen LogP contribution in [0.2, 0.25) is 5.28 Å². The summed E-state index contributed by atoms with van der Waals surface area (Å²) in [6.07, 6.45) is 4.45. The minimum absolute atomic E-state index is 0.294. The number of nitrogens with one attached hydrogen (secondary N) is 1. The van der Waals surface area contributed by atoms with Crippen molar-refractivity contribution in [2.75, 3.05) is 0 Å². The lowest BCUT2D eigenvalue weighted by atomic mass is 10.1. The third-order valence-electron chi connectivity index (χ3n) is 2.73. The molecule has 2 aromatic heterocycles. The molecule has 0 radical (unpaired) electrons. The van der Waals surface area contributed by atoms with Gasteiger partial charge in [0, 0.05) is 35.4 Å². The summed E-state index contributed by atoms with van der Waals surface area (Å²) in [5, 5.41) is 1.52. The van der Waals surface area contributed by atoms with Gasteiger partial charge in [0.25, 0.3) is 0 Å². The van der Waals surface area contributed by atoms with Crippen LogP contribution in [-0.2, 0) is 6.42 Å². The summed E-state index contributed by atoms with van der Waals surface area (Å²) in [5.74, 6) is 0. The van der Waals surface area contributed by atoms with Crippen molar-refractivity contribution < 1.29 is 0 Å². The molecular weight excluding hydrogens is 234 g/mol. The van der Waals surface area contributed by atoms with E-state index in [4.69, 9.17) is 11.6 Å². The van der Waals surface area contributed by atoms with Crippen LogP contribution in [0.25, 0.3) is 10.9 Å². The van der Waals surface area contributed by atoms with Gasteiger partial charge in [0.1, 0.15) is 0 Å². The molecule has 0 amide bonds. The highest BCUT2D eigenvalue weighted by Crippen LogP contribution is 2.20. The van der Waals surface area contributed by atoms with E-state index >= 15 is 0 Å². The van der Waals surface area contributed by atoms with Crippen LogP contribution in [0.15, 0.2) is 42.7 Å². The Bertz CT molecular complexity index is 660. The van der Waals surface area contributed by atoms with Crippen molar-refractivity contribution in [2.45, 2.75) is 6.42 Å². The van der Waals surface area contributed by atoms with Gasteiger partial charge in [-0.25, -0.2) is 9.97 Å². The number of benzene rings is 1. The molecule has 0 spiro atoms. The van der Waals surface area contributed by atoms with Crippen molar-refractivity contribution >= 4 is 22.5 Å². The Morgan fingerprint density at radius 3 is 2.94 bits per heavy atom. The van der Waals surface area contributed by atoms with Gasteiger partial charge in [-0.15, -0.1) is 0 Å². The molecule has 0 saturated carbocycles. The monoisotopic (exact) mass is 243 g/mol. The molecule has 0 saturated heterocycles. The summed E-state index contributed by atoms with van der Waals surface area (Å²) in [5.41, 5.74) is 3.28. The number of aromatic amines is 1. The second-order valence-corrected chi connectivity index (χ2v) is 4.19. The first-order valence-corrected chi connectivity index (χ1v) is 5.73. The van der Waals surface area contributed by atoms with Crippen LogP contribution < -0.4 is 0 Å². The first kappa shape index (κ1) is 10.3. The highest BCUT2D eigenvalue weighted by Gasteiger charge is 2.05. The van der Waals surface area contributed by atoms with E-state index < -0.39 is 0 Å². The Hall–Kier alpha value is -1.87. The number of H-pyrrole nitrogens is 1. The van der Waals surface area contributed by atoms with Gasteiger partial charge in [0.15, 0.2) is 0 Å². The Kier molecular flexibility index (Phi) is 2.53. The molecule has 84 valence electrons. The molecule has 3 nitrogen and oxygen atoms in total. The number of nitrogens with zero attached hydrogens (tertiary/aromatic N) is 2. The van der Waals surface area contributed by atoms with Gasteiger partial charge in [-0.3, -0.25) is 0 Å². The molecule has 4 heteroatoms. The average Bonchev–Trinajstić information content (AvgIpc) is 2.73. The van der Waals surface area contributed by atoms with Crippen LogP contribution in [0.3, 0.4) is 0 Å². The van der Waals surface area contributed by atoms with E-state index in [-0.39, 0.29) is 0 Å². The molecular formula is C13H10ClN3. The fourth-order valence-electron chi connectivity index (χ4n) is 1.94. The first-order valence-electron chi connectivity index (χ1n) is 5.35. The highest BCUT2D eigenvalue weighted by atomic mass is 35.5. The average molecular weight is 244 g/mol. The summed E-state index contributed by atoms with van der Waals surface area (Å²) in [6, 6.07) is 10.1. The number of para-hydroxylation sites is 1. The van der Waals surface area contributed by atoms with E-state index in [1.807, 2.05) is 24.4 Å². The maximum absolute atomic E-state index is 5.77. The number of hydrogen-bond acceptors (Lipinski definition) is 2. The van der Waals surface area contributed by atoms with Crippen LogP contribution in [0.4, 0.5) is 0 Å². The van der Waals surface area contributed by atoms with Crippen LogP contribution >= 0.6 is 11.6 Å². The van der Waals surface area contributed by atoms with Gasteiger partial charge in [-0.05, 0) is 29.3 Å². The summed E-state index contributed by atoms with van der Waals surface area (Å²) in [6.45, 7) is 0. The van der Waals surface area contributed by atoms with E-state index in [1.54, 1.807) is 6.20 Å². The van der Waals surface area contributed by atoms with Crippen molar-refractivity contribution in [3.05, 3.63) is 59.3 Å². The first-order chi connectivity index (χ1) is 8.33. The Balaban J connectivity index is 2.00. The smallest absolute Gasteiger partial charge is 0.222 e. The molecule has 0 unspecified atom stereocenters. The molecule has 1 aromatic carbocycles. The fourth-order valence-corrected chi connectivity index (χ4v) is 2.11. The summed E-state index contributed by atoms with van der Waals surface area (Å²) in [4.78, 5) is 11.3. The summed E-state index contributed by atoms with van der Waals surface area (Å²) < 4.78 is 0. The van der Waals surface area contributed by atoms with Crippen LogP contribution in [-0.4, -0.2) is 15.0 Å². The summed E-state index contributed by atoms with van der Waals surface area (Å²) >= 11 is 5.77. The van der Waals surface area contributed by atoms with Gasteiger partial charge in [-0.1, -0.05) is 18.2 Å². The van der Waals surface area contributed by atoms with Gasteiger partial charge in [0.2, 0.25) is 5.28 Å². The molecule has 3 rings (SSSR count). The molecule has 0 aliphatic carbocycles. The zero-order valence-electron chi connectivity index (χ0n) is 9.02. The van der Waals surface area contributed by atoms with Gasteiger partial charge in [0.05, 0.1) is 0 Å². The number of aromatic nitrogens is 3. The molecule has 0 bridgehead atoms. The molecule has 17 heavy (non-hydrogen) atoms. The van der Waals surface area contributed by atoms with Crippen molar-refractivity contribution in [2.24, 2.45) is 0 Å². The van der Waals surface area contributed by atoms with Crippen molar-refractivity contribution in [1.82, 2.24) is 15.0 Å². The van der Waals surface area contributed by atoms with Crippen LogP contribution in [0.5, 0.6) is 0 Å². The van der Waals surface area contributed by atoms with Crippen molar-refractivity contribution in [1.29, 1.82) is 0 Å². The summed E-state index contributed by atoms with van der Waals surface area (Å²) in [7, 11) is 0. The lowest BCUT2D eigenvalue weighted by Gasteiger charge is -1.99. The van der Waals surface area contributed by atoms with E-state index in [9.17, 15) is 0 Å². The van der Waals surface area contributed by atoms with Crippen molar-refractivity contribution in [3.63, 3.8) is 0 Å². The van der Waals surface area contributed by atoms with Gasteiger partial charge >= 0.3 is 0 Å². The van der Waals surface area contributed by atoms with Gasteiger partial charge < -0.3 is 4.98 Å². The number of fused-ring (bicyclic) bond motifs is 1. The molecule has 0 aliphatic heterocycles. The lowest BCUT2D eigenvalue weighted by Crippen LogP contribution is -1.92. The second-order valence-electron chi connectivity index (χ2n) is 3.85. The van der Waals surface area contributed by atoms with Gasteiger partial charge in [-0.2, -0.15) is 0 Å². The highest BCUT2D eigenvalue weighted by molar-refractivity contribution is 6.28. The van der Waals surface area contributed by atoms with E-state index in [0.717, 1.165) is 17.6 Å². The lowest BCUT2D eigenvalue weighted by molar-refractivity contribution is 1.03. The van der Waals surface area contributed by atoms with Crippen LogP contribution in [0.1, 0.15) is 11.3 Å². The number of rotatable bonds is 2. The predicted molar refractivity (Wildman–Crippen MR) is 68.1 cm³/mol. The fraction of sp³-hybridized carbons (Fsp3) is 0.0769. The topological polar surface area (TPSA) is 41.6 Å². The molecule has 0 fully saturated rings. The molecule has 0 atom stereocenters. The third kappa shape index (κ3) is 2.01. The van der Waals surface area contributed by atoms with Crippen molar-refractivity contribution in [3.8, 4) is 0 Å². The molecule has 0 aliphatic rings. The third-order valence-corrected chi connectivity index (χ3v) is 2.91. The standard InChI is InChI=1S/C13H10ClN3/c14-13-15-6-5-10(17-13)7-9-8-16-12-4-2-1-3-11(9)12/h1-6,8,16H,7H2. The quantitative estimate of drug-likeness (QED) is 0.703. The molecule has 2 heterocycles. The zero-order valence-corrected chi connectivity index (χ0v) is 9.78. The Labute approximate surface area is 103 Å². The number of hydrogen-bond donors (Lipinski definition) is 1. The number of halogens is 1. The molecule has 3 aromatic rings. The minimum Gasteiger partial charge on any atom is -0.361 e. The van der Waals surface area contributed by atoms with E-state index in [1.165, 1.54) is 10.9 Å². The Morgan fingerprint density at radius 1 is 1.18 bits per heavy atom. The zero-order chi connectivity index (χ0) is 11.7. The minimum atomic E-state index is 0.294. The van der Waals surface area contributed by atoms with E-state index in [2.05, 4.69) is 27.1 Å². The maximum Gasteiger partial charge on any atom is 0.222 e. The second kappa shape index (κ2) is 4.18. The van der Waals surface area contributed by atoms with E-state index in [0.29, 0.717) is 5.28 Å². The largest absolute Gasteiger partial charge is 0.361 e. The van der Waals surface area contributed by atoms with Crippen LogP contribution in [0, 0.1) is 0 Å². The molecule has 1 N–H and O–H groups in total. The SMILES string of the molecule is Clc1nccc(Cc2c[nH]c3ccccc23)n1. The normalized spacial score (nSPS) is 10.9.